The predicted molar refractivity (Wildman–Crippen MR) is 247 cm³/mol. The number of rotatable bonds is 5. The van der Waals surface area contributed by atoms with E-state index >= 15 is 0 Å². The van der Waals surface area contributed by atoms with Crippen LogP contribution in [0.25, 0.3) is 32.7 Å². The molecule has 6 aromatic rings. The fourth-order valence-electron chi connectivity index (χ4n) is 13.8. The molecule has 0 amide bonds. The van der Waals surface area contributed by atoms with E-state index < -0.39 is 0 Å². The summed E-state index contributed by atoms with van der Waals surface area (Å²) in [5.41, 5.74) is 16.5. The summed E-state index contributed by atoms with van der Waals surface area (Å²) in [6, 6.07) is 31.0. The zero-order valence-electron chi connectivity index (χ0n) is 35.1. The Morgan fingerprint density at radius 1 is 0.452 bits per heavy atom. The SMILES string of the molecule is Nc1ccc(Oc2ccc3cc(C#CC45CC6CC(CC(C6)C4)C5)ccc3c2-c2c(Oc3ccc(N)c(O)c3)ccc3cc(C#CC45CC6CC(CC(C6)C4)C5)ccc23)cc1O. The topological polar surface area (TPSA) is 111 Å². The molecule has 8 bridgehead atoms. The number of benzene rings is 6. The summed E-state index contributed by atoms with van der Waals surface area (Å²) in [7, 11) is 0. The van der Waals surface area contributed by atoms with Crippen molar-refractivity contribution < 1.29 is 19.7 Å². The quantitative estimate of drug-likeness (QED) is 0.0783. The molecule has 8 aliphatic carbocycles. The van der Waals surface area contributed by atoms with Crippen LogP contribution in [0.3, 0.4) is 0 Å². The van der Waals surface area contributed by atoms with E-state index in [9.17, 15) is 10.2 Å². The molecule has 0 spiro atoms. The van der Waals surface area contributed by atoms with Crippen LogP contribution in [-0.2, 0) is 0 Å². The summed E-state index contributed by atoms with van der Waals surface area (Å²) in [4.78, 5) is 0. The van der Waals surface area contributed by atoms with E-state index in [-0.39, 0.29) is 33.7 Å². The average Bonchev–Trinajstić information content (AvgIpc) is 3.24. The number of anilines is 2. The van der Waals surface area contributed by atoms with E-state index in [1.165, 1.54) is 77.0 Å². The van der Waals surface area contributed by atoms with Crippen LogP contribution in [0.1, 0.15) is 88.2 Å². The van der Waals surface area contributed by atoms with E-state index in [4.69, 9.17) is 20.9 Å². The van der Waals surface area contributed by atoms with Crippen molar-refractivity contribution >= 4 is 32.9 Å². The van der Waals surface area contributed by atoms with Gasteiger partial charge in [0.05, 0.1) is 11.4 Å². The minimum absolute atomic E-state index is 0.0494. The first-order valence-corrected chi connectivity index (χ1v) is 22.8. The van der Waals surface area contributed by atoms with Gasteiger partial charge in [0.15, 0.2) is 0 Å². The monoisotopic (exact) mass is 816 g/mol. The summed E-state index contributed by atoms with van der Waals surface area (Å²) >= 11 is 0. The third-order valence-corrected chi connectivity index (χ3v) is 15.7. The van der Waals surface area contributed by atoms with Crippen molar-refractivity contribution in [2.75, 3.05) is 11.5 Å². The Hall–Kier alpha value is -6.24. The largest absolute Gasteiger partial charge is 0.506 e. The standard InChI is InChI=1S/C56H52N2O4/c57-47-9-5-43(25-49(47)59)61-51-11-3-41-23-33(13-15-55-27-35-17-36(28-55)19-37(18-35)29-55)1-7-45(41)53(51)54-46-8-2-34(14-16-56-30-38-20-39(31-56)22-40(21-38)32-56)24-42(46)4-12-52(54)62-44-6-10-48(58)50(60)26-44/h1-12,23-26,35-40,59-60H,17-22,27-32,57-58H2. The van der Waals surface area contributed by atoms with Crippen LogP contribution >= 0.6 is 0 Å². The van der Waals surface area contributed by atoms with Crippen molar-refractivity contribution in [1.82, 2.24) is 0 Å². The molecule has 6 aromatic carbocycles. The van der Waals surface area contributed by atoms with Crippen LogP contribution in [0.15, 0.2) is 97.1 Å². The van der Waals surface area contributed by atoms with Crippen molar-refractivity contribution in [3.8, 4) is 69.3 Å². The Morgan fingerprint density at radius 2 is 0.823 bits per heavy atom. The number of phenolic OH excluding ortho intramolecular Hbond substituents is 2. The Labute approximate surface area is 363 Å². The molecule has 8 saturated carbocycles. The maximum atomic E-state index is 10.6. The molecule has 6 N–H and O–H groups in total. The summed E-state index contributed by atoms with van der Waals surface area (Å²) in [5, 5.41) is 25.2. The molecule has 14 rings (SSSR count). The van der Waals surface area contributed by atoms with Crippen LogP contribution in [0.4, 0.5) is 11.4 Å². The molecule has 6 heteroatoms. The molecule has 0 unspecified atom stereocenters. The lowest BCUT2D eigenvalue weighted by atomic mass is 9.50. The van der Waals surface area contributed by atoms with Crippen molar-refractivity contribution in [3.63, 3.8) is 0 Å². The number of nitrogen functional groups attached to an aromatic ring is 2. The number of hydrogen-bond acceptors (Lipinski definition) is 6. The smallest absolute Gasteiger partial charge is 0.142 e. The molecule has 0 heterocycles. The predicted octanol–water partition coefficient (Wildman–Crippen LogP) is 13.0. The molecule has 0 aromatic heterocycles. The summed E-state index contributed by atoms with van der Waals surface area (Å²) in [6.45, 7) is 0. The van der Waals surface area contributed by atoms with Gasteiger partial charge in [-0.05, 0) is 195 Å². The second-order valence-corrected chi connectivity index (χ2v) is 20.3. The fraction of sp³-hybridized carbons (Fsp3) is 0.357. The molecule has 62 heavy (non-hydrogen) atoms. The highest BCUT2D eigenvalue weighted by Gasteiger charge is 2.51. The number of phenols is 2. The lowest BCUT2D eigenvalue weighted by Gasteiger charge is -2.54. The first-order valence-electron chi connectivity index (χ1n) is 22.8. The molecule has 0 aliphatic heterocycles. The van der Waals surface area contributed by atoms with Crippen molar-refractivity contribution in [3.05, 3.63) is 108 Å². The average molecular weight is 817 g/mol. The molecular weight excluding hydrogens is 765 g/mol. The minimum Gasteiger partial charge on any atom is -0.506 e. The molecular formula is C56H52N2O4. The third-order valence-electron chi connectivity index (χ3n) is 15.7. The number of nitrogens with two attached hydrogens (primary N) is 2. The van der Waals surface area contributed by atoms with E-state index in [0.29, 0.717) is 23.0 Å². The minimum atomic E-state index is -0.0494. The van der Waals surface area contributed by atoms with Gasteiger partial charge in [0, 0.05) is 45.2 Å². The molecule has 6 nitrogen and oxygen atoms in total. The van der Waals surface area contributed by atoms with Gasteiger partial charge in [0.25, 0.3) is 0 Å². The van der Waals surface area contributed by atoms with E-state index in [1.54, 1.807) is 36.4 Å². The summed E-state index contributed by atoms with van der Waals surface area (Å²) in [6.07, 6.45) is 15.9. The normalized spacial score (nSPS) is 28.6. The highest BCUT2D eigenvalue weighted by molar-refractivity contribution is 6.10. The number of hydrogen-bond donors (Lipinski definition) is 4. The maximum absolute atomic E-state index is 10.6. The van der Waals surface area contributed by atoms with Crippen molar-refractivity contribution in [2.45, 2.75) is 77.0 Å². The van der Waals surface area contributed by atoms with Gasteiger partial charge in [-0.25, -0.2) is 0 Å². The maximum Gasteiger partial charge on any atom is 0.142 e. The van der Waals surface area contributed by atoms with Crippen LogP contribution in [0.5, 0.6) is 34.5 Å². The van der Waals surface area contributed by atoms with Gasteiger partial charge in [0.1, 0.15) is 34.5 Å². The van der Waals surface area contributed by atoms with Gasteiger partial charge in [-0.2, -0.15) is 0 Å². The lowest BCUT2D eigenvalue weighted by molar-refractivity contribution is -0.0182. The summed E-state index contributed by atoms with van der Waals surface area (Å²) in [5.74, 6) is 22.1. The first-order chi connectivity index (χ1) is 30.1. The van der Waals surface area contributed by atoms with Gasteiger partial charge >= 0.3 is 0 Å². The van der Waals surface area contributed by atoms with E-state index in [0.717, 1.165) is 79.3 Å². The zero-order valence-corrected chi connectivity index (χ0v) is 35.1. The second kappa shape index (κ2) is 14.1. The number of aromatic hydroxyl groups is 2. The van der Waals surface area contributed by atoms with Gasteiger partial charge in [-0.15, -0.1) is 0 Å². The van der Waals surface area contributed by atoms with Crippen molar-refractivity contribution in [2.24, 2.45) is 46.3 Å². The van der Waals surface area contributed by atoms with Crippen LogP contribution in [-0.4, -0.2) is 10.2 Å². The molecule has 0 radical (unpaired) electrons. The first kappa shape index (κ1) is 37.5. The van der Waals surface area contributed by atoms with E-state index in [2.05, 4.69) is 72.2 Å². The Morgan fingerprint density at radius 3 is 1.18 bits per heavy atom. The third kappa shape index (κ3) is 6.67. The molecule has 0 atom stereocenters. The fourth-order valence-corrected chi connectivity index (χ4v) is 13.8. The lowest BCUT2D eigenvalue weighted by Crippen LogP contribution is -2.45. The molecule has 8 fully saturated rings. The Kier molecular flexibility index (Phi) is 8.56. The molecule has 8 aliphatic rings. The Balaban J connectivity index is 1.00. The van der Waals surface area contributed by atoms with Gasteiger partial charge < -0.3 is 31.2 Å². The van der Waals surface area contributed by atoms with Gasteiger partial charge in [0.2, 0.25) is 0 Å². The highest BCUT2D eigenvalue weighted by Crippen LogP contribution is 2.61. The van der Waals surface area contributed by atoms with Gasteiger partial charge in [-0.1, -0.05) is 47.9 Å². The molecule has 310 valence electrons. The highest BCUT2D eigenvalue weighted by atomic mass is 16.5. The van der Waals surface area contributed by atoms with Crippen LogP contribution in [0, 0.1) is 70.0 Å². The second-order valence-electron chi connectivity index (χ2n) is 20.3. The molecule has 0 saturated heterocycles. The van der Waals surface area contributed by atoms with Crippen molar-refractivity contribution in [1.29, 1.82) is 0 Å². The summed E-state index contributed by atoms with van der Waals surface area (Å²) < 4.78 is 13.4. The van der Waals surface area contributed by atoms with Crippen LogP contribution < -0.4 is 20.9 Å². The van der Waals surface area contributed by atoms with Crippen LogP contribution in [0.2, 0.25) is 0 Å². The van der Waals surface area contributed by atoms with Gasteiger partial charge in [-0.3, -0.25) is 0 Å². The number of ether oxygens (including phenoxy) is 2. The Bertz CT molecular complexity index is 2690. The van der Waals surface area contributed by atoms with E-state index in [1.807, 2.05) is 12.1 Å². The zero-order chi connectivity index (χ0) is 41.7. The number of fused-ring (bicyclic) bond motifs is 2.